The van der Waals surface area contributed by atoms with Crippen LogP contribution >= 0.6 is 22.9 Å². The Kier molecular flexibility index (Phi) is 4.72. The predicted molar refractivity (Wildman–Crippen MR) is 108 cm³/mol. The van der Waals surface area contributed by atoms with Crippen molar-refractivity contribution in [1.29, 1.82) is 0 Å². The van der Waals surface area contributed by atoms with Crippen LogP contribution in [0.1, 0.15) is 11.3 Å². The van der Waals surface area contributed by atoms with Gasteiger partial charge in [0, 0.05) is 27.7 Å². The zero-order valence-corrected chi connectivity index (χ0v) is 16.4. The Balaban J connectivity index is 1.89. The molecule has 3 aromatic heterocycles. The monoisotopic (exact) mass is 397 g/mol. The molecule has 0 atom stereocenters. The first-order valence-electron chi connectivity index (χ1n) is 8.36. The predicted octanol–water partition coefficient (Wildman–Crippen LogP) is 5.90. The van der Waals surface area contributed by atoms with Crippen LogP contribution in [-0.4, -0.2) is 18.1 Å². The largest absolute Gasteiger partial charge is 0.469 e. The van der Waals surface area contributed by atoms with Gasteiger partial charge in [0.1, 0.15) is 16.4 Å². The summed E-state index contributed by atoms with van der Waals surface area (Å²) in [5, 5.41) is 1.75. The number of esters is 1. The number of furan rings is 1. The van der Waals surface area contributed by atoms with Crippen LogP contribution in [0.15, 0.2) is 53.1 Å². The number of methoxy groups -OCH3 is 1. The van der Waals surface area contributed by atoms with Gasteiger partial charge in [0.2, 0.25) is 0 Å². The lowest BCUT2D eigenvalue weighted by Gasteiger charge is -2.03. The fraction of sp³-hybridized carbons (Fsp3) is 0.143. The topological polar surface area (TPSA) is 52.3 Å². The molecule has 0 saturated carbocycles. The zero-order valence-electron chi connectivity index (χ0n) is 14.8. The maximum atomic E-state index is 11.7. The highest BCUT2D eigenvalue weighted by Gasteiger charge is 2.21. The second-order valence-corrected chi connectivity index (χ2v) is 7.55. The Bertz CT molecular complexity index is 1130. The molecule has 0 N–H and O–H groups in total. The highest BCUT2D eigenvalue weighted by Crippen LogP contribution is 2.45. The molecule has 0 aliphatic rings. The highest BCUT2D eigenvalue weighted by molar-refractivity contribution is 7.22. The molecule has 0 unspecified atom stereocenters. The first-order valence-corrected chi connectivity index (χ1v) is 9.56. The number of carbonyl (C=O) groups is 1. The summed E-state index contributed by atoms with van der Waals surface area (Å²) in [6.07, 6.45) is 1.97. The van der Waals surface area contributed by atoms with Crippen molar-refractivity contribution in [2.24, 2.45) is 0 Å². The number of hydrogen-bond acceptors (Lipinski definition) is 5. The van der Waals surface area contributed by atoms with Gasteiger partial charge < -0.3 is 9.15 Å². The Hall–Kier alpha value is -2.63. The molecule has 4 nitrogen and oxygen atoms in total. The molecule has 0 saturated heterocycles. The highest BCUT2D eigenvalue weighted by atomic mass is 35.5. The van der Waals surface area contributed by atoms with Gasteiger partial charge in [-0.3, -0.25) is 4.79 Å². The minimum absolute atomic E-state index is 0.186. The molecule has 3 heterocycles. The summed E-state index contributed by atoms with van der Waals surface area (Å²) < 4.78 is 10.8. The molecule has 27 heavy (non-hydrogen) atoms. The van der Waals surface area contributed by atoms with Crippen molar-refractivity contribution in [3.05, 3.63) is 65.0 Å². The van der Waals surface area contributed by atoms with E-state index in [2.05, 4.69) is 11.1 Å². The van der Waals surface area contributed by atoms with Crippen LogP contribution < -0.4 is 0 Å². The number of rotatable bonds is 4. The van der Waals surface area contributed by atoms with E-state index in [-0.39, 0.29) is 12.4 Å². The Labute approximate surface area is 165 Å². The van der Waals surface area contributed by atoms with Crippen LogP contribution in [0.25, 0.3) is 32.0 Å². The van der Waals surface area contributed by atoms with Gasteiger partial charge >= 0.3 is 5.97 Å². The quantitative estimate of drug-likeness (QED) is 0.402. The Morgan fingerprint density at radius 2 is 2.04 bits per heavy atom. The lowest BCUT2D eigenvalue weighted by Crippen LogP contribution is -2.04. The van der Waals surface area contributed by atoms with Gasteiger partial charge in [0.25, 0.3) is 0 Å². The number of fused-ring (bicyclic) bond motifs is 1. The summed E-state index contributed by atoms with van der Waals surface area (Å²) >= 11 is 7.63. The third-order valence-electron chi connectivity index (χ3n) is 4.41. The van der Waals surface area contributed by atoms with Gasteiger partial charge in [-0.25, -0.2) is 4.98 Å². The molecule has 0 bridgehead atoms. The van der Waals surface area contributed by atoms with Crippen molar-refractivity contribution < 1.29 is 13.9 Å². The lowest BCUT2D eigenvalue weighted by atomic mass is 10.0. The van der Waals surface area contributed by atoms with E-state index in [0.717, 1.165) is 37.5 Å². The van der Waals surface area contributed by atoms with Gasteiger partial charge in [0.15, 0.2) is 0 Å². The molecule has 4 aromatic rings. The van der Waals surface area contributed by atoms with Crippen LogP contribution in [0.2, 0.25) is 5.02 Å². The zero-order chi connectivity index (χ0) is 19.0. The number of thiophene rings is 1. The molecular weight excluding hydrogens is 382 g/mol. The van der Waals surface area contributed by atoms with Crippen LogP contribution in [0.5, 0.6) is 0 Å². The lowest BCUT2D eigenvalue weighted by molar-refractivity contribution is -0.139. The Morgan fingerprint density at radius 1 is 1.26 bits per heavy atom. The fourth-order valence-corrected chi connectivity index (χ4v) is 4.29. The number of ether oxygens (including phenoxy) is 1. The molecule has 1 aromatic carbocycles. The molecule has 0 amide bonds. The van der Waals surface area contributed by atoms with Crippen LogP contribution in [0.3, 0.4) is 0 Å². The van der Waals surface area contributed by atoms with E-state index in [1.807, 2.05) is 43.3 Å². The number of halogens is 1. The molecule has 0 aliphatic heterocycles. The molecule has 136 valence electrons. The summed E-state index contributed by atoms with van der Waals surface area (Å²) in [6.45, 7) is 1.86. The van der Waals surface area contributed by atoms with Crippen molar-refractivity contribution in [3.63, 3.8) is 0 Å². The number of aromatic nitrogens is 1. The number of nitrogens with zero attached hydrogens (tertiary/aromatic N) is 1. The van der Waals surface area contributed by atoms with E-state index in [1.165, 1.54) is 7.11 Å². The molecule has 0 spiro atoms. The van der Waals surface area contributed by atoms with E-state index in [0.29, 0.717) is 10.8 Å². The standard InChI is InChI=1S/C21H16ClNO3S/c1-12-14(11-18(24)25-2)10-17(26-12)20-19(13-5-7-15(22)8-6-13)16-4-3-9-23-21(16)27-20/h3-10H,11H2,1-2H3. The molecule has 0 fully saturated rings. The number of aryl methyl sites for hydroxylation is 1. The molecule has 4 rings (SSSR count). The van der Waals surface area contributed by atoms with Gasteiger partial charge in [-0.05, 0) is 42.8 Å². The molecule has 6 heteroatoms. The molecular formula is C21H16ClNO3S. The van der Waals surface area contributed by atoms with Crippen molar-refractivity contribution in [3.8, 4) is 21.8 Å². The average Bonchev–Trinajstić information content (AvgIpc) is 3.23. The van der Waals surface area contributed by atoms with Gasteiger partial charge in [-0.2, -0.15) is 0 Å². The fourth-order valence-electron chi connectivity index (χ4n) is 3.04. The van der Waals surface area contributed by atoms with E-state index < -0.39 is 0 Å². The summed E-state index contributed by atoms with van der Waals surface area (Å²) in [7, 11) is 1.38. The van der Waals surface area contributed by atoms with E-state index >= 15 is 0 Å². The smallest absolute Gasteiger partial charge is 0.310 e. The van der Waals surface area contributed by atoms with Crippen molar-refractivity contribution in [1.82, 2.24) is 4.98 Å². The van der Waals surface area contributed by atoms with Gasteiger partial charge in [-0.1, -0.05) is 23.7 Å². The van der Waals surface area contributed by atoms with Crippen molar-refractivity contribution in [2.45, 2.75) is 13.3 Å². The first-order chi connectivity index (χ1) is 13.1. The second kappa shape index (κ2) is 7.18. The maximum absolute atomic E-state index is 11.7. The molecule has 0 aliphatic carbocycles. The van der Waals surface area contributed by atoms with Gasteiger partial charge in [0.05, 0.1) is 18.4 Å². The maximum Gasteiger partial charge on any atom is 0.310 e. The number of pyridine rings is 1. The summed E-state index contributed by atoms with van der Waals surface area (Å²) in [4.78, 5) is 18.1. The minimum atomic E-state index is -0.290. The summed E-state index contributed by atoms with van der Waals surface area (Å²) in [6, 6.07) is 13.6. The number of carbonyl (C=O) groups excluding carboxylic acids is 1. The first kappa shape index (κ1) is 17.8. The SMILES string of the molecule is COC(=O)Cc1cc(-c2sc3ncccc3c2-c2ccc(Cl)cc2)oc1C. The van der Waals surface area contributed by atoms with Crippen LogP contribution in [0, 0.1) is 6.92 Å². The summed E-state index contributed by atoms with van der Waals surface area (Å²) in [5.41, 5.74) is 2.92. The molecule has 0 radical (unpaired) electrons. The third kappa shape index (κ3) is 3.36. The van der Waals surface area contributed by atoms with Crippen LogP contribution in [-0.2, 0) is 16.0 Å². The van der Waals surface area contributed by atoms with Crippen molar-refractivity contribution in [2.75, 3.05) is 7.11 Å². The average molecular weight is 398 g/mol. The Morgan fingerprint density at radius 3 is 2.78 bits per heavy atom. The van der Waals surface area contributed by atoms with Crippen molar-refractivity contribution >= 4 is 39.1 Å². The van der Waals surface area contributed by atoms with Crippen LogP contribution in [0.4, 0.5) is 0 Å². The normalized spacial score (nSPS) is 11.1. The third-order valence-corrected chi connectivity index (χ3v) is 5.79. The number of hydrogen-bond donors (Lipinski definition) is 0. The van der Waals surface area contributed by atoms with E-state index in [9.17, 15) is 4.79 Å². The minimum Gasteiger partial charge on any atom is -0.469 e. The van der Waals surface area contributed by atoms with E-state index in [1.54, 1.807) is 17.5 Å². The number of benzene rings is 1. The summed E-state index contributed by atoms with van der Waals surface area (Å²) in [5.74, 6) is 1.14. The second-order valence-electron chi connectivity index (χ2n) is 6.11. The van der Waals surface area contributed by atoms with Gasteiger partial charge in [-0.15, -0.1) is 11.3 Å². The van der Waals surface area contributed by atoms with E-state index in [4.69, 9.17) is 20.8 Å².